The van der Waals surface area contributed by atoms with E-state index in [-0.39, 0.29) is 0 Å². The Balaban J connectivity index is 1.33. The van der Waals surface area contributed by atoms with E-state index in [4.69, 9.17) is 9.47 Å². The molecule has 0 aliphatic carbocycles. The molecule has 2 aliphatic rings. The van der Waals surface area contributed by atoms with Crippen molar-refractivity contribution in [2.45, 2.75) is 12.6 Å². The summed E-state index contributed by atoms with van der Waals surface area (Å²) >= 11 is 1.81. The van der Waals surface area contributed by atoms with Gasteiger partial charge in [0.25, 0.3) is 0 Å². The Morgan fingerprint density at radius 3 is 3.09 bits per heavy atom. The van der Waals surface area contributed by atoms with Gasteiger partial charge in [0.2, 0.25) is 6.79 Å². The molecular weight excluding hydrogens is 298 g/mol. The molecule has 2 atom stereocenters. The summed E-state index contributed by atoms with van der Waals surface area (Å²) in [6, 6.07) is 10.8. The molecule has 2 aliphatic heterocycles. The van der Waals surface area contributed by atoms with Crippen molar-refractivity contribution in [1.82, 2.24) is 16.2 Å². The largest absolute Gasteiger partial charge is 0.454 e. The van der Waals surface area contributed by atoms with Gasteiger partial charge in [-0.1, -0.05) is 12.1 Å². The van der Waals surface area contributed by atoms with Crippen molar-refractivity contribution >= 4 is 11.3 Å². The van der Waals surface area contributed by atoms with Gasteiger partial charge in [-0.25, -0.2) is 5.43 Å². The second-order valence-corrected chi connectivity index (χ2v) is 6.58. The van der Waals surface area contributed by atoms with E-state index >= 15 is 0 Å². The van der Waals surface area contributed by atoms with E-state index in [2.05, 4.69) is 45.8 Å². The van der Waals surface area contributed by atoms with Gasteiger partial charge in [-0.2, -0.15) is 0 Å². The third-order valence-corrected chi connectivity index (χ3v) is 5.07. The summed E-state index contributed by atoms with van der Waals surface area (Å²) < 4.78 is 10.8. The standard InChI is InChI=1S/C16H19N3O2S/c1-2-15(22-5-1)16-12(9-18-19-16)8-17-7-11-3-4-13-14(6-11)21-10-20-13/h1-6,12,16-19H,7-10H2. The number of ether oxygens (including phenoxy) is 2. The molecule has 0 saturated carbocycles. The quantitative estimate of drug-likeness (QED) is 0.788. The molecule has 3 N–H and O–H groups in total. The van der Waals surface area contributed by atoms with E-state index in [0.29, 0.717) is 18.8 Å². The smallest absolute Gasteiger partial charge is 0.231 e. The van der Waals surface area contributed by atoms with Gasteiger partial charge in [0.05, 0.1) is 6.04 Å². The molecule has 1 aromatic carbocycles. The second-order valence-electron chi connectivity index (χ2n) is 5.60. The lowest BCUT2D eigenvalue weighted by Gasteiger charge is -2.17. The molecule has 5 nitrogen and oxygen atoms in total. The first-order valence-electron chi connectivity index (χ1n) is 7.51. The lowest BCUT2D eigenvalue weighted by Crippen LogP contribution is -2.28. The van der Waals surface area contributed by atoms with Crippen LogP contribution in [0.3, 0.4) is 0 Å². The number of fused-ring (bicyclic) bond motifs is 1. The Morgan fingerprint density at radius 2 is 2.18 bits per heavy atom. The molecule has 1 fully saturated rings. The fraction of sp³-hybridized carbons (Fsp3) is 0.375. The average molecular weight is 317 g/mol. The maximum atomic E-state index is 5.42. The van der Waals surface area contributed by atoms with Crippen LogP contribution in [0.2, 0.25) is 0 Å². The van der Waals surface area contributed by atoms with Crippen molar-refractivity contribution in [2.75, 3.05) is 19.9 Å². The van der Waals surface area contributed by atoms with Gasteiger partial charge in [0, 0.05) is 30.4 Å². The van der Waals surface area contributed by atoms with Crippen molar-refractivity contribution in [2.24, 2.45) is 5.92 Å². The summed E-state index contributed by atoms with van der Waals surface area (Å²) in [6.07, 6.45) is 0. The highest BCUT2D eigenvalue weighted by atomic mass is 32.1. The third kappa shape index (κ3) is 2.83. The molecule has 0 bridgehead atoms. The summed E-state index contributed by atoms with van der Waals surface area (Å²) in [5.41, 5.74) is 7.87. The molecule has 6 heteroatoms. The molecule has 3 heterocycles. The maximum Gasteiger partial charge on any atom is 0.231 e. The average Bonchev–Trinajstić information content (AvgIpc) is 3.27. The van der Waals surface area contributed by atoms with E-state index < -0.39 is 0 Å². The van der Waals surface area contributed by atoms with Crippen LogP contribution in [0.4, 0.5) is 0 Å². The highest BCUT2D eigenvalue weighted by molar-refractivity contribution is 7.10. The molecule has 0 amide bonds. The number of nitrogens with one attached hydrogen (secondary N) is 3. The maximum absolute atomic E-state index is 5.42. The fourth-order valence-electron chi connectivity index (χ4n) is 2.95. The van der Waals surface area contributed by atoms with Crippen LogP contribution in [-0.2, 0) is 6.54 Å². The van der Waals surface area contributed by atoms with Crippen molar-refractivity contribution in [3.05, 3.63) is 46.2 Å². The molecule has 0 spiro atoms. The van der Waals surface area contributed by atoms with Crippen LogP contribution in [0.25, 0.3) is 0 Å². The van der Waals surface area contributed by atoms with E-state index in [9.17, 15) is 0 Å². The Kier molecular flexibility index (Phi) is 3.99. The highest BCUT2D eigenvalue weighted by Gasteiger charge is 2.28. The number of hydrogen-bond donors (Lipinski definition) is 3. The van der Waals surface area contributed by atoms with Crippen LogP contribution < -0.4 is 25.6 Å². The Labute approximate surface area is 133 Å². The molecule has 2 aromatic rings. The molecule has 4 rings (SSSR count). The number of rotatable bonds is 5. The van der Waals surface area contributed by atoms with Crippen molar-refractivity contribution < 1.29 is 9.47 Å². The van der Waals surface area contributed by atoms with Gasteiger partial charge < -0.3 is 14.8 Å². The first-order chi connectivity index (χ1) is 10.9. The van der Waals surface area contributed by atoms with Gasteiger partial charge in [-0.15, -0.1) is 11.3 Å². The first-order valence-corrected chi connectivity index (χ1v) is 8.39. The zero-order valence-corrected chi connectivity index (χ0v) is 13.0. The zero-order chi connectivity index (χ0) is 14.8. The highest BCUT2D eigenvalue weighted by Crippen LogP contribution is 2.32. The number of hydrazine groups is 1. The molecular formula is C16H19N3O2S. The molecule has 22 heavy (non-hydrogen) atoms. The summed E-state index contributed by atoms with van der Waals surface area (Å²) in [5.74, 6) is 2.23. The summed E-state index contributed by atoms with van der Waals surface area (Å²) in [7, 11) is 0. The summed E-state index contributed by atoms with van der Waals surface area (Å²) in [6.45, 7) is 3.12. The summed E-state index contributed by atoms with van der Waals surface area (Å²) in [5, 5.41) is 5.69. The van der Waals surface area contributed by atoms with E-state index in [1.54, 1.807) is 11.3 Å². The Morgan fingerprint density at radius 1 is 1.23 bits per heavy atom. The predicted molar refractivity (Wildman–Crippen MR) is 86.0 cm³/mol. The normalized spacial score (nSPS) is 23.1. The Hall–Kier alpha value is -1.60. The predicted octanol–water partition coefficient (Wildman–Crippen LogP) is 2.03. The van der Waals surface area contributed by atoms with E-state index in [0.717, 1.165) is 31.1 Å². The lowest BCUT2D eigenvalue weighted by molar-refractivity contribution is 0.174. The molecule has 2 unspecified atom stereocenters. The van der Waals surface area contributed by atoms with Crippen LogP contribution in [-0.4, -0.2) is 19.9 Å². The molecule has 0 radical (unpaired) electrons. The van der Waals surface area contributed by atoms with Gasteiger partial charge in [-0.05, 0) is 29.1 Å². The first kappa shape index (κ1) is 14.0. The second kappa shape index (κ2) is 6.26. The van der Waals surface area contributed by atoms with E-state index in [1.165, 1.54) is 10.4 Å². The van der Waals surface area contributed by atoms with Gasteiger partial charge in [-0.3, -0.25) is 5.43 Å². The molecule has 1 saturated heterocycles. The van der Waals surface area contributed by atoms with E-state index in [1.807, 2.05) is 6.07 Å². The monoisotopic (exact) mass is 317 g/mol. The Bertz CT molecular complexity index is 632. The number of hydrogen-bond acceptors (Lipinski definition) is 6. The van der Waals surface area contributed by atoms with Crippen LogP contribution in [0, 0.1) is 5.92 Å². The van der Waals surface area contributed by atoms with Crippen molar-refractivity contribution in [3.8, 4) is 11.5 Å². The van der Waals surface area contributed by atoms with Crippen LogP contribution in [0.1, 0.15) is 16.5 Å². The van der Waals surface area contributed by atoms with Gasteiger partial charge in [0.1, 0.15) is 0 Å². The number of benzene rings is 1. The van der Waals surface area contributed by atoms with Gasteiger partial charge >= 0.3 is 0 Å². The van der Waals surface area contributed by atoms with Crippen molar-refractivity contribution in [3.63, 3.8) is 0 Å². The van der Waals surface area contributed by atoms with Crippen LogP contribution >= 0.6 is 11.3 Å². The minimum Gasteiger partial charge on any atom is -0.454 e. The third-order valence-electron chi connectivity index (χ3n) is 4.12. The number of thiophene rings is 1. The zero-order valence-electron chi connectivity index (χ0n) is 12.2. The van der Waals surface area contributed by atoms with Crippen LogP contribution in [0.15, 0.2) is 35.7 Å². The van der Waals surface area contributed by atoms with Crippen molar-refractivity contribution in [1.29, 1.82) is 0 Å². The van der Waals surface area contributed by atoms with Crippen LogP contribution in [0.5, 0.6) is 11.5 Å². The van der Waals surface area contributed by atoms with Gasteiger partial charge in [0.15, 0.2) is 11.5 Å². The lowest BCUT2D eigenvalue weighted by atomic mass is 10.0. The fourth-order valence-corrected chi connectivity index (χ4v) is 3.82. The minimum atomic E-state index is 0.328. The summed E-state index contributed by atoms with van der Waals surface area (Å²) in [4.78, 5) is 1.39. The SMILES string of the molecule is c1csc(C2NNCC2CNCc2ccc3c(c2)OCO3)c1. The topological polar surface area (TPSA) is 54.5 Å². The molecule has 1 aromatic heterocycles. The molecule has 116 valence electrons. The minimum absolute atomic E-state index is 0.328.